The Balaban J connectivity index is 2.05. The maximum Gasteiger partial charge on any atom is 0.245 e. The van der Waals surface area contributed by atoms with Crippen LogP contribution in [0.25, 0.3) is 11.2 Å². The highest BCUT2D eigenvalue weighted by molar-refractivity contribution is 5.76. The number of hydrogen-bond acceptors (Lipinski definition) is 6. The van der Waals surface area contributed by atoms with E-state index in [1.165, 1.54) is 0 Å². The number of ether oxygens (including phenoxy) is 2. The van der Waals surface area contributed by atoms with Crippen LogP contribution in [0, 0.1) is 0 Å². The number of imidazole rings is 1. The summed E-state index contributed by atoms with van der Waals surface area (Å²) in [7, 11) is 1.75. The number of aromatic nitrogens is 4. The van der Waals surface area contributed by atoms with E-state index in [0.717, 1.165) is 0 Å². The summed E-state index contributed by atoms with van der Waals surface area (Å²) in [6.45, 7) is 6.93. The first-order valence-corrected chi connectivity index (χ1v) is 6.15. The van der Waals surface area contributed by atoms with Crippen LogP contribution < -0.4 is 10.1 Å². The van der Waals surface area contributed by atoms with Crippen molar-refractivity contribution < 1.29 is 9.47 Å². The number of fused-ring (bicyclic) bond motifs is 1. The Hall–Kier alpha value is -1.89. The second-order valence-corrected chi connectivity index (χ2v) is 5.01. The number of anilines is 1. The fourth-order valence-corrected chi connectivity index (χ4v) is 1.51. The lowest BCUT2D eigenvalue weighted by Crippen LogP contribution is -2.22. The van der Waals surface area contributed by atoms with Crippen LogP contribution in [0.2, 0.25) is 0 Å². The lowest BCUT2D eigenvalue weighted by Gasteiger charge is -2.19. The van der Waals surface area contributed by atoms with Crippen LogP contribution >= 0.6 is 0 Å². The zero-order valence-corrected chi connectivity index (χ0v) is 11.6. The number of nitrogens with one attached hydrogen (secondary N) is 2. The van der Waals surface area contributed by atoms with Gasteiger partial charge in [-0.15, -0.1) is 0 Å². The van der Waals surface area contributed by atoms with E-state index < -0.39 is 0 Å². The molecule has 19 heavy (non-hydrogen) atoms. The lowest BCUT2D eigenvalue weighted by atomic mass is 10.2. The molecule has 0 saturated carbocycles. The summed E-state index contributed by atoms with van der Waals surface area (Å²) in [4.78, 5) is 15.5. The molecule has 2 aromatic rings. The molecular formula is C12H19N5O2. The SMILES string of the molecule is CNc1nc(OCCOC(C)(C)C)c2[nH]cnc2n1. The van der Waals surface area contributed by atoms with Gasteiger partial charge in [-0.25, -0.2) is 4.98 Å². The summed E-state index contributed by atoms with van der Waals surface area (Å²) in [5.41, 5.74) is 1.09. The Morgan fingerprint density at radius 1 is 1.26 bits per heavy atom. The second kappa shape index (κ2) is 5.40. The van der Waals surface area contributed by atoms with Gasteiger partial charge in [0.2, 0.25) is 11.8 Å². The van der Waals surface area contributed by atoms with Crippen molar-refractivity contribution in [2.75, 3.05) is 25.6 Å². The molecular weight excluding hydrogens is 246 g/mol. The Morgan fingerprint density at radius 2 is 2.05 bits per heavy atom. The predicted octanol–water partition coefficient (Wildman–Crippen LogP) is 1.59. The maximum atomic E-state index is 5.63. The van der Waals surface area contributed by atoms with Crippen molar-refractivity contribution in [2.24, 2.45) is 0 Å². The van der Waals surface area contributed by atoms with Crippen LogP contribution in [0.3, 0.4) is 0 Å². The van der Waals surface area contributed by atoms with E-state index in [4.69, 9.17) is 9.47 Å². The van der Waals surface area contributed by atoms with Crippen molar-refractivity contribution in [3.05, 3.63) is 6.33 Å². The van der Waals surface area contributed by atoms with Crippen molar-refractivity contribution in [3.8, 4) is 5.88 Å². The van der Waals surface area contributed by atoms with Crippen molar-refractivity contribution in [1.29, 1.82) is 0 Å². The molecule has 0 spiro atoms. The van der Waals surface area contributed by atoms with Crippen molar-refractivity contribution in [3.63, 3.8) is 0 Å². The minimum Gasteiger partial charge on any atom is -0.474 e. The summed E-state index contributed by atoms with van der Waals surface area (Å²) in [5.74, 6) is 0.954. The van der Waals surface area contributed by atoms with Crippen LogP contribution in [-0.4, -0.2) is 45.8 Å². The Bertz CT molecular complexity index is 547. The largest absolute Gasteiger partial charge is 0.474 e. The molecule has 7 nitrogen and oxygen atoms in total. The fourth-order valence-electron chi connectivity index (χ4n) is 1.51. The van der Waals surface area contributed by atoms with Gasteiger partial charge in [-0.3, -0.25) is 0 Å². The lowest BCUT2D eigenvalue weighted by molar-refractivity contribution is -0.0166. The van der Waals surface area contributed by atoms with Gasteiger partial charge in [-0.2, -0.15) is 9.97 Å². The predicted molar refractivity (Wildman–Crippen MR) is 72.4 cm³/mol. The molecule has 0 atom stereocenters. The Morgan fingerprint density at radius 3 is 2.74 bits per heavy atom. The van der Waals surface area contributed by atoms with Gasteiger partial charge in [0.25, 0.3) is 0 Å². The summed E-state index contributed by atoms with van der Waals surface area (Å²) in [6, 6.07) is 0. The second-order valence-electron chi connectivity index (χ2n) is 5.01. The summed E-state index contributed by atoms with van der Waals surface area (Å²) in [6.07, 6.45) is 1.57. The average molecular weight is 265 g/mol. The van der Waals surface area contributed by atoms with Gasteiger partial charge < -0.3 is 19.8 Å². The van der Waals surface area contributed by atoms with Gasteiger partial charge in [-0.1, -0.05) is 0 Å². The van der Waals surface area contributed by atoms with E-state index >= 15 is 0 Å². The molecule has 2 heterocycles. The summed E-state index contributed by atoms with van der Waals surface area (Å²) >= 11 is 0. The number of H-pyrrole nitrogens is 1. The molecule has 2 N–H and O–H groups in total. The molecule has 0 unspecified atom stereocenters. The average Bonchev–Trinajstić information content (AvgIpc) is 2.81. The van der Waals surface area contributed by atoms with Gasteiger partial charge in [0.15, 0.2) is 5.65 Å². The van der Waals surface area contributed by atoms with Gasteiger partial charge in [0.1, 0.15) is 12.1 Å². The number of hydrogen-bond donors (Lipinski definition) is 2. The third-order valence-electron chi connectivity index (χ3n) is 2.33. The van der Waals surface area contributed by atoms with Gasteiger partial charge in [0.05, 0.1) is 18.5 Å². The third kappa shape index (κ3) is 3.54. The molecule has 0 aliphatic carbocycles. The highest BCUT2D eigenvalue weighted by atomic mass is 16.5. The number of aromatic amines is 1. The summed E-state index contributed by atoms with van der Waals surface area (Å²) in [5, 5.41) is 2.88. The molecule has 0 aliphatic heterocycles. The standard InChI is InChI=1S/C12H19N5O2/c1-12(2,3)19-6-5-18-10-8-9(15-7-14-8)16-11(13-4)17-10/h7H,5-6H2,1-4H3,(H2,13,14,15,16,17). The molecule has 0 aromatic carbocycles. The van der Waals surface area contributed by atoms with E-state index in [0.29, 0.717) is 36.2 Å². The number of nitrogens with zero attached hydrogens (tertiary/aromatic N) is 3. The molecule has 0 amide bonds. The minimum absolute atomic E-state index is 0.172. The molecule has 7 heteroatoms. The first-order valence-electron chi connectivity index (χ1n) is 6.15. The van der Waals surface area contributed by atoms with Crippen LogP contribution in [0.5, 0.6) is 5.88 Å². The quantitative estimate of drug-likeness (QED) is 0.798. The monoisotopic (exact) mass is 265 g/mol. The van der Waals surface area contributed by atoms with E-state index in [-0.39, 0.29) is 5.60 Å². The van der Waals surface area contributed by atoms with Gasteiger partial charge in [-0.05, 0) is 20.8 Å². The van der Waals surface area contributed by atoms with E-state index in [9.17, 15) is 0 Å². The van der Waals surface area contributed by atoms with Crippen molar-refractivity contribution in [1.82, 2.24) is 19.9 Å². The molecule has 2 rings (SSSR count). The van der Waals surface area contributed by atoms with Crippen LogP contribution in [-0.2, 0) is 4.74 Å². The third-order valence-corrected chi connectivity index (χ3v) is 2.33. The van der Waals surface area contributed by atoms with E-state index in [1.54, 1.807) is 13.4 Å². The molecule has 0 fully saturated rings. The minimum atomic E-state index is -0.172. The maximum absolute atomic E-state index is 5.63. The summed E-state index contributed by atoms with van der Waals surface area (Å²) < 4.78 is 11.2. The van der Waals surface area contributed by atoms with Gasteiger partial charge in [0, 0.05) is 7.05 Å². The first-order chi connectivity index (χ1) is 8.99. The Kier molecular flexibility index (Phi) is 3.84. The molecule has 0 aliphatic rings. The van der Waals surface area contributed by atoms with Gasteiger partial charge >= 0.3 is 0 Å². The molecule has 0 bridgehead atoms. The highest BCUT2D eigenvalue weighted by Crippen LogP contribution is 2.20. The molecule has 2 aromatic heterocycles. The van der Waals surface area contributed by atoms with Crippen molar-refractivity contribution >= 4 is 17.1 Å². The zero-order chi connectivity index (χ0) is 13.9. The molecule has 104 valence electrons. The zero-order valence-electron chi connectivity index (χ0n) is 11.6. The van der Waals surface area contributed by atoms with E-state index in [2.05, 4.69) is 25.3 Å². The van der Waals surface area contributed by atoms with Crippen LogP contribution in [0.15, 0.2) is 6.33 Å². The molecule has 0 radical (unpaired) electrons. The van der Waals surface area contributed by atoms with Crippen LogP contribution in [0.1, 0.15) is 20.8 Å². The smallest absolute Gasteiger partial charge is 0.245 e. The Labute approximate surface area is 111 Å². The highest BCUT2D eigenvalue weighted by Gasteiger charge is 2.12. The fraction of sp³-hybridized carbons (Fsp3) is 0.583. The number of rotatable bonds is 5. The molecule has 0 saturated heterocycles. The van der Waals surface area contributed by atoms with Crippen molar-refractivity contribution in [2.45, 2.75) is 26.4 Å². The van der Waals surface area contributed by atoms with E-state index in [1.807, 2.05) is 20.8 Å². The normalized spacial score (nSPS) is 11.8. The topological polar surface area (TPSA) is 85.0 Å². The first kappa shape index (κ1) is 13.5. The van der Waals surface area contributed by atoms with Crippen LogP contribution in [0.4, 0.5) is 5.95 Å².